The number of nitrogens with zero attached hydrogens (tertiary/aromatic N) is 3. The fourth-order valence-electron chi connectivity index (χ4n) is 1.08. The molecule has 4 nitrogen and oxygen atoms in total. The van der Waals surface area contributed by atoms with Crippen molar-refractivity contribution in [2.45, 2.75) is 6.92 Å². The highest BCUT2D eigenvalue weighted by atomic mass is 35.5. The van der Waals surface area contributed by atoms with Crippen LogP contribution in [0.25, 0.3) is 10.7 Å². The van der Waals surface area contributed by atoms with E-state index < -0.39 is 0 Å². The molecule has 0 aliphatic heterocycles. The van der Waals surface area contributed by atoms with E-state index in [0.717, 1.165) is 4.88 Å². The van der Waals surface area contributed by atoms with Gasteiger partial charge < -0.3 is 4.74 Å². The van der Waals surface area contributed by atoms with Crippen LogP contribution in [0, 0.1) is 0 Å². The first kappa shape index (κ1) is 11.6. The van der Waals surface area contributed by atoms with Gasteiger partial charge in [0.15, 0.2) is 5.82 Å². The van der Waals surface area contributed by atoms with Gasteiger partial charge in [-0.05, 0) is 30.0 Å². The van der Waals surface area contributed by atoms with Crippen molar-refractivity contribution in [2.75, 3.05) is 6.61 Å². The SMILES string of the molecule is CCOc1nc(Cl)nc(-c2sccc2Cl)n1. The van der Waals surface area contributed by atoms with Gasteiger partial charge in [0.2, 0.25) is 5.28 Å². The van der Waals surface area contributed by atoms with Crippen LogP contribution in [0.1, 0.15) is 6.92 Å². The van der Waals surface area contributed by atoms with Crippen LogP contribution in [0.15, 0.2) is 11.4 Å². The van der Waals surface area contributed by atoms with Gasteiger partial charge >= 0.3 is 6.01 Å². The van der Waals surface area contributed by atoms with E-state index in [0.29, 0.717) is 17.5 Å². The predicted molar refractivity (Wildman–Crippen MR) is 64.3 cm³/mol. The monoisotopic (exact) mass is 275 g/mol. The fourth-order valence-corrected chi connectivity index (χ4v) is 2.31. The van der Waals surface area contributed by atoms with Gasteiger partial charge in [0.05, 0.1) is 16.5 Å². The Bertz CT molecular complexity index is 503. The predicted octanol–water partition coefficient (Wildman–Crippen LogP) is 3.31. The minimum Gasteiger partial charge on any atom is -0.464 e. The number of aromatic nitrogens is 3. The standard InChI is InChI=1S/C9H7Cl2N3OS/c1-2-15-9-13-7(12-8(11)14-9)6-5(10)3-4-16-6/h3-4H,2H2,1H3. The van der Waals surface area contributed by atoms with Gasteiger partial charge in [0.25, 0.3) is 0 Å². The van der Waals surface area contributed by atoms with Crippen molar-refractivity contribution in [3.63, 3.8) is 0 Å². The van der Waals surface area contributed by atoms with E-state index in [1.165, 1.54) is 11.3 Å². The molecule has 0 spiro atoms. The summed E-state index contributed by atoms with van der Waals surface area (Å²) >= 11 is 13.2. The van der Waals surface area contributed by atoms with Crippen LogP contribution in [0.4, 0.5) is 0 Å². The van der Waals surface area contributed by atoms with Crippen molar-refractivity contribution in [1.29, 1.82) is 0 Å². The summed E-state index contributed by atoms with van der Waals surface area (Å²) in [6.07, 6.45) is 0. The molecule has 0 saturated heterocycles. The summed E-state index contributed by atoms with van der Waals surface area (Å²) in [7, 11) is 0. The largest absolute Gasteiger partial charge is 0.464 e. The van der Waals surface area contributed by atoms with Crippen molar-refractivity contribution in [2.24, 2.45) is 0 Å². The first-order valence-corrected chi connectivity index (χ1v) is 6.12. The molecule has 0 aliphatic rings. The Morgan fingerprint density at radius 3 is 2.75 bits per heavy atom. The summed E-state index contributed by atoms with van der Waals surface area (Å²) < 4.78 is 5.18. The maximum atomic E-state index is 5.98. The lowest BCUT2D eigenvalue weighted by Crippen LogP contribution is -2.00. The molecule has 0 saturated carbocycles. The van der Waals surface area contributed by atoms with Crippen LogP contribution in [0.2, 0.25) is 10.3 Å². The summed E-state index contributed by atoms with van der Waals surface area (Å²) in [5.74, 6) is 0.434. The summed E-state index contributed by atoms with van der Waals surface area (Å²) in [5.41, 5.74) is 0. The molecule has 84 valence electrons. The molecule has 7 heteroatoms. The lowest BCUT2D eigenvalue weighted by Gasteiger charge is -2.03. The molecule has 2 rings (SSSR count). The van der Waals surface area contributed by atoms with E-state index in [4.69, 9.17) is 27.9 Å². The zero-order chi connectivity index (χ0) is 11.5. The minimum atomic E-state index is 0.0953. The topological polar surface area (TPSA) is 47.9 Å². The van der Waals surface area contributed by atoms with Crippen LogP contribution in [-0.2, 0) is 0 Å². The summed E-state index contributed by atoms with van der Waals surface area (Å²) in [4.78, 5) is 12.7. The first-order chi connectivity index (χ1) is 7.70. The Morgan fingerprint density at radius 1 is 1.31 bits per heavy atom. The average molecular weight is 276 g/mol. The first-order valence-electron chi connectivity index (χ1n) is 4.48. The van der Waals surface area contributed by atoms with Crippen LogP contribution in [0.5, 0.6) is 6.01 Å². The fraction of sp³-hybridized carbons (Fsp3) is 0.222. The number of rotatable bonds is 3. The smallest absolute Gasteiger partial charge is 0.321 e. The molecular weight excluding hydrogens is 269 g/mol. The molecule has 0 radical (unpaired) electrons. The Hall–Kier alpha value is -0.910. The molecule has 0 N–H and O–H groups in total. The van der Waals surface area contributed by atoms with E-state index >= 15 is 0 Å². The molecule has 0 fully saturated rings. The third kappa shape index (κ3) is 2.42. The highest BCUT2D eigenvalue weighted by Gasteiger charge is 2.12. The Morgan fingerprint density at radius 2 is 2.12 bits per heavy atom. The van der Waals surface area contributed by atoms with Gasteiger partial charge in [-0.2, -0.15) is 15.0 Å². The highest BCUT2D eigenvalue weighted by molar-refractivity contribution is 7.14. The molecule has 0 amide bonds. The van der Waals surface area contributed by atoms with Crippen molar-refractivity contribution >= 4 is 34.5 Å². The normalized spacial score (nSPS) is 10.4. The molecule has 2 aromatic rings. The van der Waals surface area contributed by atoms with Crippen molar-refractivity contribution in [3.05, 3.63) is 21.8 Å². The van der Waals surface area contributed by atoms with Gasteiger partial charge in [-0.1, -0.05) is 11.6 Å². The minimum absolute atomic E-state index is 0.0953. The number of hydrogen-bond acceptors (Lipinski definition) is 5. The third-order valence-electron chi connectivity index (χ3n) is 1.68. The molecule has 16 heavy (non-hydrogen) atoms. The maximum absolute atomic E-state index is 5.98. The van der Waals surface area contributed by atoms with Gasteiger partial charge in [0.1, 0.15) is 0 Å². The Kier molecular flexibility index (Phi) is 3.58. The molecule has 0 atom stereocenters. The van der Waals surface area contributed by atoms with E-state index in [-0.39, 0.29) is 11.3 Å². The van der Waals surface area contributed by atoms with Gasteiger partial charge in [0, 0.05) is 0 Å². The second-order valence-electron chi connectivity index (χ2n) is 2.74. The van der Waals surface area contributed by atoms with E-state index in [9.17, 15) is 0 Å². The van der Waals surface area contributed by atoms with Crippen molar-refractivity contribution in [1.82, 2.24) is 15.0 Å². The van der Waals surface area contributed by atoms with Crippen molar-refractivity contribution < 1.29 is 4.74 Å². The summed E-state index contributed by atoms with van der Waals surface area (Å²) in [6, 6.07) is 1.99. The van der Waals surface area contributed by atoms with E-state index in [2.05, 4.69) is 15.0 Å². The molecule has 2 heterocycles. The second kappa shape index (κ2) is 4.95. The second-order valence-corrected chi connectivity index (χ2v) is 4.40. The summed E-state index contributed by atoms with van der Waals surface area (Å²) in [6.45, 7) is 2.31. The molecular formula is C9H7Cl2N3OS. The Labute approximate surface area is 106 Å². The van der Waals surface area contributed by atoms with Crippen LogP contribution < -0.4 is 4.74 Å². The molecule has 0 aromatic carbocycles. The van der Waals surface area contributed by atoms with Crippen LogP contribution >= 0.6 is 34.5 Å². The maximum Gasteiger partial charge on any atom is 0.321 e. The lowest BCUT2D eigenvalue weighted by atomic mass is 10.4. The third-order valence-corrected chi connectivity index (χ3v) is 3.19. The Balaban J connectivity index is 2.45. The van der Waals surface area contributed by atoms with Crippen molar-refractivity contribution in [3.8, 4) is 16.7 Å². The van der Waals surface area contributed by atoms with E-state index in [1.807, 2.05) is 12.3 Å². The van der Waals surface area contributed by atoms with Gasteiger partial charge in [-0.3, -0.25) is 0 Å². The van der Waals surface area contributed by atoms with Gasteiger partial charge in [-0.25, -0.2) is 0 Å². The molecule has 2 aromatic heterocycles. The highest BCUT2D eigenvalue weighted by Crippen LogP contribution is 2.31. The van der Waals surface area contributed by atoms with Crippen LogP contribution in [-0.4, -0.2) is 21.6 Å². The molecule has 0 bridgehead atoms. The van der Waals surface area contributed by atoms with E-state index in [1.54, 1.807) is 6.07 Å². The summed E-state index contributed by atoms with van der Waals surface area (Å²) in [5, 5.41) is 2.54. The lowest BCUT2D eigenvalue weighted by molar-refractivity contribution is 0.312. The molecule has 0 aliphatic carbocycles. The number of thiophene rings is 1. The average Bonchev–Trinajstić information content (AvgIpc) is 2.64. The number of halogens is 2. The van der Waals surface area contributed by atoms with Crippen LogP contribution in [0.3, 0.4) is 0 Å². The number of ether oxygens (including phenoxy) is 1. The number of hydrogen-bond donors (Lipinski definition) is 0. The zero-order valence-electron chi connectivity index (χ0n) is 8.28. The quantitative estimate of drug-likeness (QED) is 0.862. The van der Waals surface area contributed by atoms with Gasteiger partial charge in [-0.15, -0.1) is 11.3 Å². The molecule has 0 unspecified atom stereocenters. The zero-order valence-corrected chi connectivity index (χ0v) is 10.6.